The topological polar surface area (TPSA) is 121 Å². The number of hydroxylamine groups is 1. The van der Waals surface area contributed by atoms with E-state index in [0.29, 0.717) is 41.5 Å². The van der Waals surface area contributed by atoms with E-state index in [-0.39, 0.29) is 17.6 Å². The Balaban J connectivity index is 1.76. The molecule has 44 heavy (non-hydrogen) atoms. The molecule has 0 radical (unpaired) electrons. The van der Waals surface area contributed by atoms with Gasteiger partial charge in [-0.1, -0.05) is 12.8 Å². The van der Waals surface area contributed by atoms with Crippen LogP contribution < -0.4 is 20.0 Å². The van der Waals surface area contributed by atoms with E-state index in [1.165, 1.54) is 26.2 Å². The summed E-state index contributed by atoms with van der Waals surface area (Å²) < 4.78 is 83.5. The molecule has 2 heterocycles. The molecule has 1 aromatic carbocycles. The van der Waals surface area contributed by atoms with Gasteiger partial charge in [-0.15, -0.1) is 18.2 Å². The average molecular weight is 632 g/mol. The summed E-state index contributed by atoms with van der Waals surface area (Å²) in [6, 6.07) is 3.80. The Hall–Kier alpha value is -4.41. The SMILES string of the molecule is CC1(C)C(=O)N(c2cc(N(OC(=O)C(F)(F)F)C(=O)CNC3CCCC3)ccc2OC(F)(F)F)C(=O)N1Cc1ccncc1. The summed E-state index contributed by atoms with van der Waals surface area (Å²) in [5.74, 6) is -6.08. The van der Waals surface area contributed by atoms with Gasteiger partial charge < -0.3 is 19.8 Å². The van der Waals surface area contributed by atoms with E-state index >= 15 is 0 Å². The van der Waals surface area contributed by atoms with Gasteiger partial charge in [0.15, 0.2) is 5.75 Å². The monoisotopic (exact) mass is 631 g/mol. The first-order chi connectivity index (χ1) is 20.5. The Labute approximate surface area is 246 Å². The quantitative estimate of drug-likeness (QED) is 0.255. The molecule has 2 aliphatic rings. The normalized spacial score (nSPS) is 17.3. The fourth-order valence-electron chi connectivity index (χ4n) is 4.82. The van der Waals surface area contributed by atoms with Gasteiger partial charge in [0.25, 0.3) is 11.8 Å². The van der Waals surface area contributed by atoms with Crippen LogP contribution in [-0.2, 0) is 25.8 Å². The number of carbonyl (C=O) groups is 4. The average Bonchev–Trinajstić information content (AvgIpc) is 3.51. The van der Waals surface area contributed by atoms with Crippen molar-refractivity contribution in [2.75, 3.05) is 16.5 Å². The van der Waals surface area contributed by atoms with Crippen molar-refractivity contribution < 1.29 is 55.1 Å². The van der Waals surface area contributed by atoms with Crippen LogP contribution in [0.3, 0.4) is 0 Å². The van der Waals surface area contributed by atoms with Crippen molar-refractivity contribution in [1.29, 1.82) is 0 Å². The lowest BCUT2D eigenvalue weighted by atomic mass is 10.0. The number of carbonyl (C=O) groups excluding carboxylic acids is 4. The van der Waals surface area contributed by atoms with Crippen LogP contribution >= 0.6 is 0 Å². The molecule has 0 bridgehead atoms. The standard InChI is InChI=1S/C27H27F6N5O6/c1-25(2)22(40)37(24(42)36(25)15-16-9-11-34-12-10-16)19-13-18(7-8-20(19)43-27(31,32)33)38(44-23(41)26(28,29)30)21(39)14-35-17-5-3-4-6-17/h7-13,17,35H,3-6,14-15H2,1-2H3. The van der Waals surface area contributed by atoms with Gasteiger partial charge in [0, 0.05) is 25.0 Å². The van der Waals surface area contributed by atoms with Crippen LogP contribution in [0.15, 0.2) is 42.7 Å². The Morgan fingerprint density at radius 3 is 2.27 bits per heavy atom. The molecule has 2 aromatic rings. The fraction of sp³-hybridized carbons (Fsp3) is 0.444. The van der Waals surface area contributed by atoms with Crippen LogP contribution in [0.4, 0.5) is 42.5 Å². The number of ether oxygens (including phenoxy) is 1. The third-order valence-corrected chi connectivity index (χ3v) is 7.09. The zero-order chi connectivity index (χ0) is 32.4. The Kier molecular flexibility index (Phi) is 9.08. The van der Waals surface area contributed by atoms with Crippen molar-refractivity contribution in [3.8, 4) is 5.75 Å². The van der Waals surface area contributed by atoms with E-state index in [1.807, 2.05) is 0 Å². The minimum Gasteiger partial charge on any atom is -0.404 e. The van der Waals surface area contributed by atoms with Gasteiger partial charge in [-0.3, -0.25) is 14.6 Å². The van der Waals surface area contributed by atoms with Gasteiger partial charge in [-0.2, -0.15) is 13.2 Å². The molecular weight excluding hydrogens is 604 g/mol. The van der Waals surface area contributed by atoms with Crippen molar-refractivity contribution >= 4 is 35.2 Å². The smallest absolute Gasteiger partial charge is 0.404 e. The number of hydrogen-bond donors (Lipinski definition) is 1. The van der Waals surface area contributed by atoms with E-state index in [1.54, 1.807) is 12.1 Å². The van der Waals surface area contributed by atoms with Gasteiger partial charge in [-0.05, 0) is 62.6 Å². The number of aromatic nitrogens is 1. The molecule has 11 nitrogen and oxygen atoms in total. The first-order valence-corrected chi connectivity index (χ1v) is 13.3. The lowest BCUT2D eigenvalue weighted by Gasteiger charge is -2.27. The molecule has 17 heteroatoms. The zero-order valence-electron chi connectivity index (χ0n) is 23.4. The summed E-state index contributed by atoms with van der Waals surface area (Å²) in [6.45, 7) is 1.93. The maximum absolute atomic E-state index is 13.6. The molecule has 238 valence electrons. The maximum atomic E-state index is 13.6. The number of halogens is 6. The predicted octanol–water partition coefficient (Wildman–Crippen LogP) is 4.61. The van der Waals surface area contributed by atoms with Crippen molar-refractivity contribution in [1.82, 2.24) is 15.2 Å². The summed E-state index contributed by atoms with van der Waals surface area (Å²) in [7, 11) is 0. The summed E-state index contributed by atoms with van der Waals surface area (Å²) in [5.41, 5.74) is -2.63. The minimum absolute atomic E-state index is 0.0520. The first kappa shape index (κ1) is 32.5. The third-order valence-electron chi connectivity index (χ3n) is 7.09. The van der Waals surface area contributed by atoms with E-state index in [9.17, 15) is 45.5 Å². The molecule has 1 saturated heterocycles. The third kappa shape index (κ3) is 7.20. The molecule has 4 amide bonds. The number of anilines is 2. The van der Waals surface area contributed by atoms with Crippen molar-refractivity contribution in [3.63, 3.8) is 0 Å². The molecule has 2 fully saturated rings. The highest BCUT2D eigenvalue weighted by Gasteiger charge is 2.53. The zero-order valence-corrected chi connectivity index (χ0v) is 23.4. The highest BCUT2D eigenvalue weighted by Crippen LogP contribution is 2.42. The second-order valence-corrected chi connectivity index (χ2v) is 10.6. The van der Waals surface area contributed by atoms with Gasteiger partial charge in [0.2, 0.25) is 0 Å². The number of benzene rings is 1. The number of alkyl halides is 6. The highest BCUT2D eigenvalue weighted by molar-refractivity contribution is 6.23. The summed E-state index contributed by atoms with van der Waals surface area (Å²) in [6.07, 6.45) is -4.92. The Morgan fingerprint density at radius 1 is 1.05 bits per heavy atom. The second-order valence-electron chi connectivity index (χ2n) is 10.6. The van der Waals surface area contributed by atoms with E-state index in [4.69, 9.17) is 0 Å². The molecule has 0 atom stereocenters. The summed E-state index contributed by atoms with van der Waals surface area (Å²) in [5, 5.41) is 2.79. The number of hydrogen-bond acceptors (Lipinski definition) is 8. The number of pyridine rings is 1. The number of nitrogens with one attached hydrogen (secondary N) is 1. The first-order valence-electron chi connectivity index (χ1n) is 13.3. The largest absolute Gasteiger partial charge is 0.573 e. The predicted molar refractivity (Wildman–Crippen MR) is 140 cm³/mol. The van der Waals surface area contributed by atoms with E-state index in [2.05, 4.69) is 19.9 Å². The molecule has 1 saturated carbocycles. The van der Waals surface area contributed by atoms with E-state index < -0.39 is 65.6 Å². The Bertz CT molecular complexity index is 1410. The molecular formula is C27H27F6N5O6. The van der Waals surface area contributed by atoms with Gasteiger partial charge >= 0.3 is 24.5 Å². The lowest BCUT2D eigenvalue weighted by molar-refractivity contribution is -0.274. The van der Waals surface area contributed by atoms with Crippen LogP contribution in [0.1, 0.15) is 45.1 Å². The summed E-state index contributed by atoms with van der Waals surface area (Å²) >= 11 is 0. The number of nitrogens with zero attached hydrogens (tertiary/aromatic N) is 4. The molecule has 1 aliphatic heterocycles. The van der Waals surface area contributed by atoms with Crippen molar-refractivity contribution in [2.24, 2.45) is 0 Å². The molecule has 0 unspecified atom stereocenters. The highest BCUT2D eigenvalue weighted by atomic mass is 19.4. The van der Waals surface area contributed by atoms with Crippen molar-refractivity contribution in [2.45, 2.75) is 70.2 Å². The molecule has 4 rings (SSSR count). The van der Waals surface area contributed by atoms with Crippen LogP contribution in [-0.4, -0.2) is 64.4 Å². The van der Waals surface area contributed by atoms with Crippen molar-refractivity contribution in [3.05, 3.63) is 48.3 Å². The lowest BCUT2D eigenvalue weighted by Crippen LogP contribution is -2.44. The molecule has 0 spiro atoms. The van der Waals surface area contributed by atoms with Crippen LogP contribution in [0.25, 0.3) is 0 Å². The number of urea groups is 1. The molecule has 1 N–H and O–H groups in total. The second kappa shape index (κ2) is 12.3. The van der Waals surface area contributed by atoms with Crippen LogP contribution in [0.5, 0.6) is 5.75 Å². The van der Waals surface area contributed by atoms with Gasteiger partial charge in [0.1, 0.15) is 5.54 Å². The van der Waals surface area contributed by atoms with Crippen LogP contribution in [0.2, 0.25) is 0 Å². The fourth-order valence-corrected chi connectivity index (χ4v) is 4.82. The Morgan fingerprint density at radius 2 is 1.68 bits per heavy atom. The molecule has 1 aliphatic carbocycles. The number of imide groups is 1. The number of rotatable bonds is 8. The number of amides is 4. The maximum Gasteiger partial charge on any atom is 0.573 e. The van der Waals surface area contributed by atoms with Gasteiger partial charge in [0.05, 0.1) is 17.9 Å². The molecule has 1 aromatic heterocycles. The van der Waals surface area contributed by atoms with Crippen LogP contribution in [0, 0.1) is 0 Å². The van der Waals surface area contributed by atoms with E-state index in [0.717, 1.165) is 17.7 Å². The minimum atomic E-state index is -5.54. The summed E-state index contributed by atoms with van der Waals surface area (Å²) in [4.78, 5) is 61.5. The van der Waals surface area contributed by atoms with Gasteiger partial charge in [-0.25, -0.2) is 14.5 Å².